The summed E-state index contributed by atoms with van der Waals surface area (Å²) in [5.74, 6) is 1.96. The van der Waals surface area contributed by atoms with E-state index >= 15 is 0 Å². The molecule has 0 bridgehead atoms. The molecule has 0 aromatic heterocycles. The Balaban J connectivity index is 1.83. The zero-order valence-corrected chi connectivity index (χ0v) is 15.2. The fourth-order valence-corrected chi connectivity index (χ4v) is 2.60. The molecule has 0 N–H and O–H groups in total. The summed E-state index contributed by atoms with van der Waals surface area (Å²) >= 11 is 0. The van der Waals surface area contributed by atoms with Crippen LogP contribution in [0.4, 0.5) is 0 Å². The highest BCUT2D eigenvalue weighted by Crippen LogP contribution is 2.24. The molecule has 2 rings (SSSR count). The Labute approximate surface area is 140 Å². The number of benzene rings is 2. The van der Waals surface area contributed by atoms with E-state index in [0.29, 0.717) is 13.2 Å². The molecule has 0 aliphatic carbocycles. The Morgan fingerprint density at radius 1 is 0.522 bits per heavy atom. The van der Waals surface area contributed by atoms with Gasteiger partial charge in [-0.3, -0.25) is 0 Å². The summed E-state index contributed by atoms with van der Waals surface area (Å²) in [6.45, 7) is 14.0. The van der Waals surface area contributed by atoms with Crippen LogP contribution in [0, 0.1) is 41.5 Å². The van der Waals surface area contributed by atoms with Crippen molar-refractivity contribution in [3.8, 4) is 11.5 Å². The second-order valence-electron chi connectivity index (χ2n) is 6.45. The highest BCUT2D eigenvalue weighted by Gasteiger charge is 2.05. The predicted octanol–water partition coefficient (Wildman–Crippen LogP) is 5.39. The molecule has 23 heavy (non-hydrogen) atoms. The average molecular weight is 312 g/mol. The van der Waals surface area contributed by atoms with Crippen molar-refractivity contribution in [1.82, 2.24) is 0 Å². The van der Waals surface area contributed by atoms with Crippen molar-refractivity contribution >= 4 is 0 Å². The molecular formula is C21H28O2. The van der Waals surface area contributed by atoms with E-state index in [1.807, 2.05) is 0 Å². The molecule has 2 aromatic rings. The average Bonchev–Trinajstić information content (AvgIpc) is 2.49. The molecule has 2 aromatic carbocycles. The topological polar surface area (TPSA) is 18.5 Å². The monoisotopic (exact) mass is 312 g/mol. The first-order valence-corrected chi connectivity index (χ1v) is 8.29. The number of aryl methyl sites for hydroxylation is 6. The predicted molar refractivity (Wildman–Crippen MR) is 96.9 cm³/mol. The molecule has 0 atom stereocenters. The van der Waals surface area contributed by atoms with Crippen molar-refractivity contribution in [1.29, 1.82) is 0 Å². The van der Waals surface area contributed by atoms with E-state index < -0.39 is 0 Å². The summed E-state index contributed by atoms with van der Waals surface area (Å²) in [4.78, 5) is 0. The fraction of sp³-hybridized carbons (Fsp3) is 0.429. The van der Waals surface area contributed by atoms with Gasteiger partial charge >= 0.3 is 0 Å². The maximum Gasteiger partial charge on any atom is 0.122 e. The lowest BCUT2D eigenvalue weighted by Gasteiger charge is -2.13. The van der Waals surface area contributed by atoms with Crippen LogP contribution in [0.1, 0.15) is 39.8 Å². The van der Waals surface area contributed by atoms with E-state index in [0.717, 1.165) is 17.9 Å². The number of hydrogen-bond donors (Lipinski definition) is 0. The van der Waals surface area contributed by atoms with Crippen LogP contribution in [-0.2, 0) is 0 Å². The van der Waals surface area contributed by atoms with Crippen LogP contribution in [0.2, 0.25) is 0 Å². The fourth-order valence-electron chi connectivity index (χ4n) is 2.60. The van der Waals surface area contributed by atoms with Gasteiger partial charge in [0.05, 0.1) is 13.2 Å². The molecule has 0 radical (unpaired) electrons. The second kappa shape index (κ2) is 7.54. The zero-order valence-electron chi connectivity index (χ0n) is 15.2. The standard InChI is InChI=1S/C21H28O2/c1-14-10-18(5)20(12-16(14)3)22-8-7-9-23-21-13-17(4)15(2)11-19(21)6/h10-13H,7-9H2,1-6H3. The SMILES string of the molecule is Cc1cc(C)c(OCCCOc2cc(C)c(C)cc2C)cc1C. The quantitative estimate of drug-likeness (QED) is 0.666. The van der Waals surface area contributed by atoms with E-state index in [-0.39, 0.29) is 0 Å². The third-order valence-electron chi connectivity index (χ3n) is 4.39. The van der Waals surface area contributed by atoms with Gasteiger partial charge < -0.3 is 9.47 Å². The molecule has 0 saturated carbocycles. The number of rotatable bonds is 6. The minimum absolute atomic E-state index is 0.674. The Kier molecular flexibility index (Phi) is 5.70. The van der Waals surface area contributed by atoms with Gasteiger partial charge in [-0.1, -0.05) is 12.1 Å². The Bertz CT molecular complexity index is 627. The van der Waals surface area contributed by atoms with E-state index in [1.54, 1.807) is 0 Å². The molecule has 0 aliphatic rings. The first-order chi connectivity index (χ1) is 10.9. The van der Waals surface area contributed by atoms with Crippen molar-refractivity contribution in [2.45, 2.75) is 48.0 Å². The summed E-state index contributed by atoms with van der Waals surface area (Å²) in [6, 6.07) is 8.61. The van der Waals surface area contributed by atoms with E-state index in [9.17, 15) is 0 Å². The minimum Gasteiger partial charge on any atom is -0.493 e. The highest BCUT2D eigenvalue weighted by atomic mass is 16.5. The van der Waals surface area contributed by atoms with Crippen LogP contribution in [-0.4, -0.2) is 13.2 Å². The third-order valence-corrected chi connectivity index (χ3v) is 4.39. The van der Waals surface area contributed by atoms with Crippen molar-refractivity contribution in [2.24, 2.45) is 0 Å². The summed E-state index contributed by atoms with van der Waals surface area (Å²) in [7, 11) is 0. The van der Waals surface area contributed by atoms with Gasteiger partial charge in [0.25, 0.3) is 0 Å². The van der Waals surface area contributed by atoms with Crippen LogP contribution in [0.3, 0.4) is 0 Å². The van der Waals surface area contributed by atoms with Gasteiger partial charge in [-0.15, -0.1) is 0 Å². The van der Waals surface area contributed by atoms with Gasteiger partial charge in [-0.25, -0.2) is 0 Å². The van der Waals surface area contributed by atoms with Gasteiger partial charge in [-0.2, -0.15) is 0 Å². The zero-order chi connectivity index (χ0) is 17.0. The molecule has 124 valence electrons. The highest BCUT2D eigenvalue weighted by molar-refractivity contribution is 5.41. The van der Waals surface area contributed by atoms with Crippen LogP contribution in [0.15, 0.2) is 24.3 Å². The van der Waals surface area contributed by atoms with Crippen molar-refractivity contribution in [2.75, 3.05) is 13.2 Å². The molecule has 0 fully saturated rings. The summed E-state index contributed by atoms with van der Waals surface area (Å²) in [5, 5.41) is 0. The Morgan fingerprint density at radius 3 is 1.26 bits per heavy atom. The van der Waals surface area contributed by atoms with Crippen molar-refractivity contribution in [3.05, 3.63) is 57.6 Å². The van der Waals surface area contributed by atoms with Gasteiger partial charge in [0.2, 0.25) is 0 Å². The first-order valence-electron chi connectivity index (χ1n) is 8.29. The molecule has 2 nitrogen and oxygen atoms in total. The molecule has 0 spiro atoms. The van der Waals surface area contributed by atoms with Gasteiger partial charge in [-0.05, 0) is 87.1 Å². The van der Waals surface area contributed by atoms with Crippen LogP contribution < -0.4 is 9.47 Å². The molecule has 0 amide bonds. The molecular weight excluding hydrogens is 284 g/mol. The Hall–Kier alpha value is -1.96. The first kappa shape index (κ1) is 17.4. The van der Waals surface area contributed by atoms with Crippen LogP contribution in [0.25, 0.3) is 0 Å². The smallest absolute Gasteiger partial charge is 0.122 e. The van der Waals surface area contributed by atoms with Crippen molar-refractivity contribution < 1.29 is 9.47 Å². The summed E-state index contributed by atoms with van der Waals surface area (Å²) < 4.78 is 11.8. The molecule has 0 saturated heterocycles. The Morgan fingerprint density at radius 2 is 0.870 bits per heavy atom. The largest absolute Gasteiger partial charge is 0.493 e. The molecule has 0 heterocycles. The second-order valence-corrected chi connectivity index (χ2v) is 6.45. The maximum absolute atomic E-state index is 5.90. The van der Waals surface area contributed by atoms with E-state index in [1.165, 1.54) is 33.4 Å². The van der Waals surface area contributed by atoms with Gasteiger partial charge in [0.15, 0.2) is 0 Å². The van der Waals surface area contributed by atoms with Gasteiger partial charge in [0, 0.05) is 6.42 Å². The number of ether oxygens (including phenoxy) is 2. The van der Waals surface area contributed by atoms with E-state index in [4.69, 9.17) is 9.47 Å². The lowest BCUT2D eigenvalue weighted by atomic mass is 10.1. The molecule has 0 unspecified atom stereocenters. The van der Waals surface area contributed by atoms with Crippen molar-refractivity contribution in [3.63, 3.8) is 0 Å². The van der Waals surface area contributed by atoms with Crippen LogP contribution in [0.5, 0.6) is 11.5 Å². The lowest BCUT2D eigenvalue weighted by molar-refractivity contribution is 0.245. The lowest BCUT2D eigenvalue weighted by Crippen LogP contribution is -2.07. The summed E-state index contributed by atoms with van der Waals surface area (Å²) in [6.07, 6.45) is 0.874. The minimum atomic E-state index is 0.674. The summed E-state index contributed by atoms with van der Waals surface area (Å²) in [5.41, 5.74) is 7.55. The molecule has 0 aliphatic heterocycles. The maximum atomic E-state index is 5.90. The van der Waals surface area contributed by atoms with Gasteiger partial charge in [0.1, 0.15) is 11.5 Å². The van der Waals surface area contributed by atoms with E-state index in [2.05, 4.69) is 65.8 Å². The normalized spacial score (nSPS) is 10.7. The third kappa shape index (κ3) is 4.51. The molecule has 2 heteroatoms. The van der Waals surface area contributed by atoms with Crippen LogP contribution >= 0.6 is 0 Å². The number of hydrogen-bond acceptors (Lipinski definition) is 2.